The van der Waals surface area contributed by atoms with Crippen LogP contribution < -0.4 is 10.1 Å². The maximum absolute atomic E-state index is 12.4. The van der Waals surface area contributed by atoms with E-state index in [2.05, 4.69) is 17.4 Å². The van der Waals surface area contributed by atoms with Gasteiger partial charge in [-0.25, -0.2) is 4.79 Å². The fourth-order valence-corrected chi connectivity index (χ4v) is 2.98. The molecule has 2 N–H and O–H groups in total. The van der Waals surface area contributed by atoms with Crippen molar-refractivity contribution in [2.24, 2.45) is 0 Å². The van der Waals surface area contributed by atoms with Gasteiger partial charge in [0.1, 0.15) is 5.75 Å². The molecule has 0 saturated heterocycles. The SMILES string of the molecule is CC(C)(O)CN(C(=O)NCCc1ccc2c(c1)CCO2)C1CC1. The molecule has 1 aromatic rings. The number of ether oxygens (including phenoxy) is 1. The first-order chi connectivity index (χ1) is 10.9. The van der Waals surface area contributed by atoms with Crippen LogP contribution in [-0.2, 0) is 12.8 Å². The summed E-state index contributed by atoms with van der Waals surface area (Å²) in [6.45, 7) is 5.22. The molecule has 1 aromatic carbocycles. The largest absolute Gasteiger partial charge is 0.493 e. The van der Waals surface area contributed by atoms with Gasteiger partial charge in [-0.2, -0.15) is 0 Å². The van der Waals surface area contributed by atoms with Crippen LogP contribution in [0.1, 0.15) is 37.8 Å². The van der Waals surface area contributed by atoms with Gasteiger partial charge in [0.05, 0.1) is 18.8 Å². The van der Waals surface area contributed by atoms with Crippen LogP contribution in [0.15, 0.2) is 18.2 Å². The van der Waals surface area contributed by atoms with Crippen molar-refractivity contribution in [1.29, 1.82) is 0 Å². The minimum Gasteiger partial charge on any atom is -0.493 e. The van der Waals surface area contributed by atoms with E-state index in [1.54, 1.807) is 18.7 Å². The van der Waals surface area contributed by atoms with E-state index in [4.69, 9.17) is 4.74 Å². The lowest BCUT2D eigenvalue weighted by Crippen LogP contribution is -2.48. The van der Waals surface area contributed by atoms with Crippen LogP contribution >= 0.6 is 0 Å². The van der Waals surface area contributed by atoms with Gasteiger partial charge in [-0.15, -0.1) is 0 Å². The summed E-state index contributed by atoms with van der Waals surface area (Å²) in [6, 6.07) is 6.47. The first-order valence-corrected chi connectivity index (χ1v) is 8.44. The van der Waals surface area contributed by atoms with Crippen molar-refractivity contribution in [3.05, 3.63) is 29.3 Å². The van der Waals surface area contributed by atoms with Crippen molar-refractivity contribution in [1.82, 2.24) is 10.2 Å². The molecular formula is C18H26N2O3. The summed E-state index contributed by atoms with van der Waals surface area (Å²) in [5.41, 5.74) is 1.62. The highest BCUT2D eigenvalue weighted by molar-refractivity contribution is 5.75. The fourth-order valence-electron chi connectivity index (χ4n) is 2.98. The van der Waals surface area contributed by atoms with Crippen molar-refractivity contribution in [2.45, 2.75) is 51.2 Å². The second-order valence-electron chi connectivity index (χ2n) is 7.19. The first-order valence-electron chi connectivity index (χ1n) is 8.44. The van der Waals surface area contributed by atoms with E-state index in [9.17, 15) is 9.90 Å². The first kappa shape index (κ1) is 16.1. The number of fused-ring (bicyclic) bond motifs is 1. The minimum atomic E-state index is -0.861. The second-order valence-corrected chi connectivity index (χ2v) is 7.19. The predicted octanol–water partition coefficient (Wildman–Crippen LogP) is 2.11. The molecule has 0 radical (unpaired) electrons. The summed E-state index contributed by atoms with van der Waals surface area (Å²) >= 11 is 0. The molecule has 1 saturated carbocycles. The summed E-state index contributed by atoms with van der Waals surface area (Å²) < 4.78 is 5.51. The van der Waals surface area contributed by atoms with E-state index in [0.717, 1.165) is 38.0 Å². The summed E-state index contributed by atoms with van der Waals surface area (Å²) in [7, 11) is 0. The van der Waals surface area contributed by atoms with Crippen LogP contribution in [-0.4, -0.2) is 47.4 Å². The molecule has 0 unspecified atom stereocenters. The van der Waals surface area contributed by atoms with Crippen LogP contribution in [0.4, 0.5) is 4.79 Å². The third-order valence-corrected chi connectivity index (χ3v) is 4.25. The lowest BCUT2D eigenvalue weighted by Gasteiger charge is -2.29. The molecule has 1 fully saturated rings. The molecule has 0 aromatic heterocycles. The molecule has 0 atom stereocenters. The molecule has 23 heavy (non-hydrogen) atoms. The van der Waals surface area contributed by atoms with Gasteiger partial charge in [0.25, 0.3) is 0 Å². The van der Waals surface area contributed by atoms with Crippen LogP contribution in [0.3, 0.4) is 0 Å². The van der Waals surface area contributed by atoms with Gasteiger partial charge >= 0.3 is 6.03 Å². The number of benzene rings is 1. The molecule has 1 aliphatic heterocycles. The number of hydrogen-bond acceptors (Lipinski definition) is 3. The number of urea groups is 1. The van der Waals surface area contributed by atoms with Crippen molar-refractivity contribution >= 4 is 6.03 Å². The minimum absolute atomic E-state index is 0.0703. The van der Waals surface area contributed by atoms with Crippen molar-refractivity contribution < 1.29 is 14.6 Å². The van der Waals surface area contributed by atoms with E-state index in [1.165, 1.54) is 11.1 Å². The summed E-state index contributed by atoms with van der Waals surface area (Å²) in [5, 5.41) is 13.0. The molecule has 0 spiro atoms. The molecule has 2 aliphatic rings. The number of aliphatic hydroxyl groups is 1. The zero-order chi connectivity index (χ0) is 16.4. The number of carbonyl (C=O) groups excluding carboxylic acids is 1. The highest BCUT2D eigenvalue weighted by Gasteiger charge is 2.35. The molecule has 126 valence electrons. The van der Waals surface area contributed by atoms with Crippen LogP contribution in [0, 0.1) is 0 Å². The van der Waals surface area contributed by atoms with E-state index in [1.807, 2.05) is 6.07 Å². The number of rotatable bonds is 6. The second kappa shape index (κ2) is 6.40. The van der Waals surface area contributed by atoms with Gasteiger partial charge in [-0.05, 0) is 50.3 Å². The Hall–Kier alpha value is -1.75. The molecule has 1 heterocycles. The summed E-state index contributed by atoms with van der Waals surface area (Å²) in [6.07, 6.45) is 3.85. The Kier molecular flexibility index (Phi) is 4.48. The normalized spacial score (nSPS) is 16.7. The van der Waals surface area contributed by atoms with Crippen molar-refractivity contribution in [3.8, 4) is 5.75 Å². The van der Waals surface area contributed by atoms with Crippen LogP contribution in [0.25, 0.3) is 0 Å². The highest BCUT2D eigenvalue weighted by atomic mass is 16.5. The van der Waals surface area contributed by atoms with Gasteiger partial charge in [-0.3, -0.25) is 0 Å². The van der Waals surface area contributed by atoms with Gasteiger partial charge in [-0.1, -0.05) is 12.1 Å². The molecule has 1 aliphatic carbocycles. The number of amides is 2. The molecule has 2 amide bonds. The lowest BCUT2D eigenvalue weighted by molar-refractivity contribution is 0.0445. The van der Waals surface area contributed by atoms with E-state index in [0.29, 0.717) is 19.1 Å². The van der Waals surface area contributed by atoms with Gasteiger partial charge in [0, 0.05) is 19.0 Å². The fraction of sp³-hybridized carbons (Fsp3) is 0.611. The predicted molar refractivity (Wildman–Crippen MR) is 88.8 cm³/mol. The maximum Gasteiger partial charge on any atom is 0.317 e. The van der Waals surface area contributed by atoms with E-state index < -0.39 is 5.60 Å². The number of nitrogens with zero attached hydrogens (tertiary/aromatic N) is 1. The number of hydrogen-bond donors (Lipinski definition) is 2. The molecule has 5 nitrogen and oxygen atoms in total. The lowest BCUT2D eigenvalue weighted by atomic mass is 10.1. The number of nitrogens with one attached hydrogen (secondary N) is 1. The van der Waals surface area contributed by atoms with Crippen molar-refractivity contribution in [3.63, 3.8) is 0 Å². The monoisotopic (exact) mass is 318 g/mol. The molecule has 0 bridgehead atoms. The Balaban J connectivity index is 1.50. The highest BCUT2D eigenvalue weighted by Crippen LogP contribution is 2.28. The molecule has 5 heteroatoms. The average molecular weight is 318 g/mol. The van der Waals surface area contributed by atoms with E-state index >= 15 is 0 Å². The van der Waals surface area contributed by atoms with Gasteiger partial charge in [0.15, 0.2) is 0 Å². The van der Waals surface area contributed by atoms with Gasteiger partial charge < -0.3 is 20.1 Å². The van der Waals surface area contributed by atoms with Crippen LogP contribution in [0.5, 0.6) is 5.75 Å². The Labute approximate surface area is 137 Å². The zero-order valence-corrected chi connectivity index (χ0v) is 14.0. The summed E-state index contributed by atoms with van der Waals surface area (Å²) in [5.74, 6) is 0.989. The van der Waals surface area contributed by atoms with E-state index in [-0.39, 0.29) is 6.03 Å². The Morgan fingerprint density at radius 3 is 2.91 bits per heavy atom. The molecule has 3 rings (SSSR count). The third kappa shape index (κ3) is 4.38. The Morgan fingerprint density at radius 2 is 2.22 bits per heavy atom. The standard InChI is InChI=1S/C18H26N2O3/c1-18(2,22)12-20(15-4-5-15)17(21)19-9-7-13-3-6-16-14(11-13)8-10-23-16/h3,6,11,15,22H,4-5,7-10,12H2,1-2H3,(H,19,21). The van der Waals surface area contributed by atoms with Crippen molar-refractivity contribution in [2.75, 3.05) is 19.7 Å². The topological polar surface area (TPSA) is 61.8 Å². The maximum atomic E-state index is 12.4. The average Bonchev–Trinajstić information content (AvgIpc) is 3.21. The summed E-state index contributed by atoms with van der Waals surface area (Å²) in [4.78, 5) is 14.1. The third-order valence-electron chi connectivity index (χ3n) is 4.25. The number of carbonyl (C=O) groups is 1. The van der Waals surface area contributed by atoms with Crippen LogP contribution in [0.2, 0.25) is 0 Å². The Morgan fingerprint density at radius 1 is 1.43 bits per heavy atom. The Bertz CT molecular complexity index is 576. The van der Waals surface area contributed by atoms with Gasteiger partial charge in [0.2, 0.25) is 0 Å². The molecular weight excluding hydrogens is 292 g/mol. The zero-order valence-electron chi connectivity index (χ0n) is 14.0. The quantitative estimate of drug-likeness (QED) is 0.844. The smallest absolute Gasteiger partial charge is 0.317 e.